The van der Waals surface area contributed by atoms with Crippen LogP contribution < -0.4 is 5.11 Å². The molecule has 3 heteroatoms. The van der Waals surface area contributed by atoms with Crippen LogP contribution in [0.4, 0.5) is 0 Å². The predicted octanol–water partition coefficient (Wildman–Crippen LogP) is 1.85. The van der Waals surface area contributed by atoms with Gasteiger partial charge in [-0.05, 0) is 35.1 Å². The largest absolute Gasteiger partial charge is 0.550 e. The van der Waals surface area contributed by atoms with Crippen molar-refractivity contribution < 1.29 is 15.0 Å². The summed E-state index contributed by atoms with van der Waals surface area (Å²) in [7, 11) is 0. The molecule has 0 aliphatic carbocycles. The average Bonchev–Trinajstić information content (AvgIpc) is 2.18. The highest BCUT2D eigenvalue weighted by Crippen LogP contribution is 2.34. The topological polar surface area (TPSA) is 60.4 Å². The second-order valence-corrected chi connectivity index (χ2v) is 5.52. The van der Waals surface area contributed by atoms with E-state index in [0.29, 0.717) is 11.1 Å². The van der Waals surface area contributed by atoms with Crippen LogP contribution in [0.1, 0.15) is 50.3 Å². The molecule has 1 atom stereocenters. The number of benzene rings is 1. The fraction of sp³-hybridized carbons (Fsp3) is 0.500. The molecule has 1 aromatic rings. The van der Waals surface area contributed by atoms with Crippen molar-refractivity contribution in [3.05, 3.63) is 28.8 Å². The number of carboxylic acid groups (broad SMARTS) is 1. The summed E-state index contributed by atoms with van der Waals surface area (Å²) >= 11 is 0. The van der Waals surface area contributed by atoms with E-state index >= 15 is 0 Å². The minimum Gasteiger partial charge on any atom is -0.550 e. The van der Waals surface area contributed by atoms with Gasteiger partial charge in [-0.2, -0.15) is 0 Å². The van der Waals surface area contributed by atoms with E-state index in [0.717, 1.165) is 5.56 Å². The predicted molar refractivity (Wildman–Crippen MR) is 65.0 cm³/mol. The third-order valence-electron chi connectivity index (χ3n) is 3.00. The third kappa shape index (κ3) is 2.78. The first kappa shape index (κ1) is 13.6. The zero-order chi connectivity index (χ0) is 13.4. The van der Waals surface area contributed by atoms with E-state index in [9.17, 15) is 15.0 Å². The molecule has 1 N–H and O–H groups in total. The molecule has 0 heterocycles. The molecule has 1 rings (SSSR count). The van der Waals surface area contributed by atoms with E-state index in [1.54, 1.807) is 26.0 Å². The molecule has 17 heavy (non-hydrogen) atoms. The Morgan fingerprint density at radius 3 is 2.29 bits per heavy atom. The summed E-state index contributed by atoms with van der Waals surface area (Å²) in [5.41, 5.74) is 2.02. The number of hydrogen-bond acceptors (Lipinski definition) is 3. The molecule has 0 radical (unpaired) electrons. The minimum absolute atomic E-state index is 0.198. The highest BCUT2D eigenvalue weighted by Gasteiger charge is 2.22. The molecular weight excluding hydrogens is 216 g/mol. The number of aromatic hydroxyl groups is 1. The lowest BCUT2D eigenvalue weighted by Gasteiger charge is -2.27. The molecule has 1 unspecified atom stereocenters. The summed E-state index contributed by atoms with van der Waals surface area (Å²) < 4.78 is 0. The van der Waals surface area contributed by atoms with Crippen molar-refractivity contribution in [2.45, 2.75) is 46.0 Å². The highest BCUT2D eigenvalue weighted by molar-refractivity contribution is 5.74. The Balaban J connectivity index is 3.46. The van der Waals surface area contributed by atoms with Gasteiger partial charge in [-0.15, -0.1) is 0 Å². The maximum absolute atomic E-state index is 11.0. The van der Waals surface area contributed by atoms with Crippen LogP contribution in [0.15, 0.2) is 12.1 Å². The van der Waals surface area contributed by atoms with E-state index in [4.69, 9.17) is 0 Å². The summed E-state index contributed by atoms with van der Waals surface area (Å²) in [5.74, 6) is -1.58. The van der Waals surface area contributed by atoms with Gasteiger partial charge in [-0.1, -0.05) is 33.8 Å². The lowest BCUT2D eigenvalue weighted by Crippen LogP contribution is -2.30. The van der Waals surface area contributed by atoms with Gasteiger partial charge in [0.1, 0.15) is 5.75 Å². The van der Waals surface area contributed by atoms with Gasteiger partial charge < -0.3 is 15.0 Å². The van der Waals surface area contributed by atoms with Gasteiger partial charge in [0, 0.05) is 11.9 Å². The van der Waals surface area contributed by atoms with Crippen molar-refractivity contribution in [1.29, 1.82) is 0 Å². The van der Waals surface area contributed by atoms with Crippen molar-refractivity contribution in [3.8, 4) is 5.75 Å². The summed E-state index contributed by atoms with van der Waals surface area (Å²) in [6.45, 7) is 9.33. The normalized spacial score (nSPS) is 13.5. The van der Waals surface area contributed by atoms with Gasteiger partial charge in [0.2, 0.25) is 0 Å². The Labute approximate surface area is 102 Å². The van der Waals surface area contributed by atoms with Gasteiger partial charge in [0.15, 0.2) is 0 Å². The molecule has 0 aromatic heterocycles. The second kappa shape index (κ2) is 4.40. The van der Waals surface area contributed by atoms with Gasteiger partial charge in [0.05, 0.1) is 0 Å². The van der Waals surface area contributed by atoms with Crippen molar-refractivity contribution in [1.82, 2.24) is 0 Å². The lowest BCUT2D eigenvalue weighted by molar-refractivity contribution is -0.307. The van der Waals surface area contributed by atoms with Crippen molar-refractivity contribution in [3.63, 3.8) is 0 Å². The highest BCUT2D eigenvalue weighted by atomic mass is 16.4. The smallest absolute Gasteiger partial charge is 0.118 e. The molecule has 0 aliphatic rings. The number of carboxylic acids is 1. The van der Waals surface area contributed by atoms with Crippen LogP contribution in [0.5, 0.6) is 5.75 Å². The van der Waals surface area contributed by atoms with Crippen LogP contribution >= 0.6 is 0 Å². The fourth-order valence-corrected chi connectivity index (χ4v) is 1.85. The number of phenols is 1. The molecule has 3 nitrogen and oxygen atoms in total. The fourth-order valence-electron chi connectivity index (χ4n) is 1.85. The molecule has 0 saturated heterocycles. The molecular formula is C14H19O3-. The van der Waals surface area contributed by atoms with Crippen LogP contribution in [0.2, 0.25) is 0 Å². The first-order chi connectivity index (χ1) is 7.64. The lowest BCUT2D eigenvalue weighted by atomic mass is 9.79. The van der Waals surface area contributed by atoms with Crippen molar-refractivity contribution in [2.24, 2.45) is 0 Å². The molecule has 0 aliphatic heterocycles. The number of aliphatic carboxylic acids is 1. The number of carbonyl (C=O) groups excluding carboxylic acids is 1. The van der Waals surface area contributed by atoms with Crippen molar-refractivity contribution >= 4 is 5.97 Å². The monoisotopic (exact) mass is 235 g/mol. The SMILES string of the molecule is Cc1cc(C(C)C(=O)[O-])c(C(C)(C)C)cc1O. The van der Waals surface area contributed by atoms with E-state index in [1.807, 2.05) is 20.8 Å². The summed E-state index contributed by atoms with van der Waals surface area (Å²) in [6.07, 6.45) is 0. The van der Waals surface area contributed by atoms with E-state index in [-0.39, 0.29) is 11.2 Å². The molecule has 1 aromatic carbocycles. The summed E-state index contributed by atoms with van der Waals surface area (Å²) in [5, 5.41) is 20.7. The number of hydrogen-bond donors (Lipinski definition) is 1. The number of rotatable bonds is 2. The third-order valence-corrected chi connectivity index (χ3v) is 3.00. The second-order valence-electron chi connectivity index (χ2n) is 5.52. The molecule has 94 valence electrons. The van der Waals surface area contributed by atoms with E-state index < -0.39 is 11.9 Å². The van der Waals surface area contributed by atoms with Crippen LogP contribution in [0.3, 0.4) is 0 Å². The quantitative estimate of drug-likeness (QED) is 0.851. The summed E-state index contributed by atoms with van der Waals surface area (Å²) in [6, 6.07) is 3.39. The van der Waals surface area contributed by atoms with Crippen LogP contribution in [-0.2, 0) is 10.2 Å². The summed E-state index contributed by atoms with van der Waals surface area (Å²) in [4.78, 5) is 11.0. The van der Waals surface area contributed by atoms with Gasteiger partial charge in [-0.3, -0.25) is 0 Å². The average molecular weight is 235 g/mol. The Kier molecular flexibility index (Phi) is 3.51. The number of phenolic OH excluding ortho intramolecular Hbond substituents is 1. The number of aryl methyl sites for hydroxylation is 1. The standard InChI is InChI=1S/C14H20O3/c1-8-6-10(9(2)13(16)17)11(7-12(8)15)14(3,4)5/h6-7,9,15H,1-5H3,(H,16,17)/p-1. The Bertz CT molecular complexity index is 442. The van der Waals surface area contributed by atoms with Gasteiger partial charge in [-0.25, -0.2) is 0 Å². The van der Waals surface area contributed by atoms with Crippen LogP contribution in [0.25, 0.3) is 0 Å². The molecule has 0 spiro atoms. The van der Waals surface area contributed by atoms with Crippen LogP contribution in [0, 0.1) is 6.92 Å². The van der Waals surface area contributed by atoms with Crippen molar-refractivity contribution in [2.75, 3.05) is 0 Å². The molecule has 0 bridgehead atoms. The maximum Gasteiger partial charge on any atom is 0.118 e. The number of carbonyl (C=O) groups is 1. The van der Waals surface area contributed by atoms with Gasteiger partial charge >= 0.3 is 0 Å². The van der Waals surface area contributed by atoms with E-state index in [2.05, 4.69) is 0 Å². The van der Waals surface area contributed by atoms with E-state index in [1.165, 1.54) is 0 Å². The zero-order valence-electron chi connectivity index (χ0n) is 11.0. The molecule has 0 amide bonds. The first-order valence-electron chi connectivity index (χ1n) is 5.69. The van der Waals surface area contributed by atoms with Gasteiger partial charge in [0.25, 0.3) is 0 Å². The Morgan fingerprint density at radius 2 is 1.88 bits per heavy atom. The first-order valence-corrected chi connectivity index (χ1v) is 5.69. The van der Waals surface area contributed by atoms with Crippen LogP contribution in [-0.4, -0.2) is 11.1 Å². The Hall–Kier alpha value is -1.51. The zero-order valence-corrected chi connectivity index (χ0v) is 11.0. The maximum atomic E-state index is 11.0. The Morgan fingerprint density at radius 1 is 1.35 bits per heavy atom. The molecule has 0 saturated carbocycles. The minimum atomic E-state index is -1.10. The molecule has 0 fully saturated rings.